The van der Waals surface area contributed by atoms with E-state index in [0.717, 1.165) is 6.42 Å². The van der Waals surface area contributed by atoms with E-state index in [1.54, 1.807) is 19.1 Å². The Balaban J connectivity index is 2.25. The molecule has 2 nitrogen and oxygen atoms in total. The van der Waals surface area contributed by atoms with E-state index in [2.05, 4.69) is 0 Å². The molecule has 0 saturated carbocycles. The van der Waals surface area contributed by atoms with Crippen LogP contribution in [0.15, 0.2) is 30.0 Å². The molecule has 0 amide bonds. The van der Waals surface area contributed by atoms with E-state index < -0.39 is 6.10 Å². The average molecular weight is 208 g/mol. The first-order chi connectivity index (χ1) is 7.18. The van der Waals surface area contributed by atoms with Gasteiger partial charge in [0.2, 0.25) is 0 Å². The maximum Gasteiger partial charge on any atom is 0.136 e. The normalized spacial score (nSPS) is 17.1. The average Bonchev–Trinajstić information content (AvgIpc) is 2.74. The molecule has 0 bridgehead atoms. The van der Waals surface area contributed by atoms with Crippen LogP contribution >= 0.6 is 0 Å². The van der Waals surface area contributed by atoms with E-state index >= 15 is 0 Å². The van der Waals surface area contributed by atoms with E-state index in [9.17, 15) is 9.50 Å². The van der Waals surface area contributed by atoms with Crippen molar-refractivity contribution in [2.24, 2.45) is 0 Å². The summed E-state index contributed by atoms with van der Waals surface area (Å²) in [4.78, 5) is 0. The minimum Gasteiger partial charge on any atom is -0.495 e. The number of aliphatic hydroxyl groups excluding tert-OH is 1. The van der Waals surface area contributed by atoms with Gasteiger partial charge in [-0.2, -0.15) is 0 Å². The van der Waals surface area contributed by atoms with Gasteiger partial charge in [-0.15, -0.1) is 0 Å². The number of rotatable bonds is 2. The van der Waals surface area contributed by atoms with Gasteiger partial charge in [-0.25, -0.2) is 4.39 Å². The Labute approximate surface area is 88.0 Å². The Morgan fingerprint density at radius 3 is 2.87 bits per heavy atom. The Bertz CT molecular complexity index is 399. The summed E-state index contributed by atoms with van der Waals surface area (Å²) in [5.41, 5.74) is 1.20. The van der Waals surface area contributed by atoms with Crippen molar-refractivity contribution in [3.05, 3.63) is 47.0 Å². The molecule has 1 aliphatic heterocycles. The molecule has 0 spiro atoms. The fraction of sp³-hybridized carbons (Fsp3) is 0.333. The fourth-order valence-electron chi connectivity index (χ4n) is 1.63. The van der Waals surface area contributed by atoms with Crippen LogP contribution in [0.5, 0.6) is 0 Å². The number of hydrogen-bond acceptors (Lipinski definition) is 2. The highest BCUT2D eigenvalue weighted by molar-refractivity contribution is 5.29. The summed E-state index contributed by atoms with van der Waals surface area (Å²) in [5.74, 6) is 0.313. The van der Waals surface area contributed by atoms with Crippen LogP contribution < -0.4 is 0 Å². The van der Waals surface area contributed by atoms with Crippen molar-refractivity contribution >= 4 is 0 Å². The van der Waals surface area contributed by atoms with Crippen LogP contribution in [0.3, 0.4) is 0 Å². The Kier molecular flexibility index (Phi) is 2.73. The molecule has 1 atom stereocenters. The molecular weight excluding hydrogens is 195 g/mol. The molecule has 1 aromatic carbocycles. The Morgan fingerprint density at radius 1 is 1.47 bits per heavy atom. The molecule has 15 heavy (non-hydrogen) atoms. The van der Waals surface area contributed by atoms with Crippen molar-refractivity contribution in [2.75, 3.05) is 6.61 Å². The van der Waals surface area contributed by atoms with Gasteiger partial charge in [0.05, 0.1) is 6.61 Å². The summed E-state index contributed by atoms with van der Waals surface area (Å²) in [7, 11) is 0. The molecule has 0 saturated heterocycles. The predicted octanol–water partition coefficient (Wildman–Crippen LogP) is 2.47. The second-order valence-electron chi connectivity index (χ2n) is 3.65. The molecular formula is C12H13FO2. The van der Waals surface area contributed by atoms with E-state index in [4.69, 9.17) is 4.74 Å². The summed E-state index contributed by atoms with van der Waals surface area (Å²) in [5, 5.41) is 9.92. The maximum absolute atomic E-state index is 13.0. The van der Waals surface area contributed by atoms with Crippen LogP contribution in [0.2, 0.25) is 0 Å². The third-order valence-electron chi connectivity index (χ3n) is 2.50. The van der Waals surface area contributed by atoms with Gasteiger partial charge < -0.3 is 9.84 Å². The molecule has 0 radical (unpaired) electrons. The van der Waals surface area contributed by atoms with Gasteiger partial charge in [0.25, 0.3) is 0 Å². The van der Waals surface area contributed by atoms with Gasteiger partial charge in [0, 0.05) is 6.42 Å². The predicted molar refractivity (Wildman–Crippen MR) is 54.7 cm³/mol. The third-order valence-corrected chi connectivity index (χ3v) is 2.50. The highest BCUT2D eigenvalue weighted by atomic mass is 19.1. The van der Waals surface area contributed by atoms with E-state index in [1.165, 1.54) is 6.07 Å². The van der Waals surface area contributed by atoms with Crippen molar-refractivity contribution in [2.45, 2.75) is 19.4 Å². The summed E-state index contributed by atoms with van der Waals surface area (Å²) in [6.07, 6.45) is 1.92. The molecule has 1 N–H and O–H groups in total. The first kappa shape index (κ1) is 10.2. The molecule has 1 heterocycles. The lowest BCUT2D eigenvalue weighted by Gasteiger charge is -2.13. The molecule has 1 aliphatic rings. The fourth-order valence-corrected chi connectivity index (χ4v) is 1.63. The smallest absolute Gasteiger partial charge is 0.136 e. The molecule has 0 aliphatic carbocycles. The van der Waals surface area contributed by atoms with Crippen LogP contribution in [0.4, 0.5) is 4.39 Å². The zero-order valence-electron chi connectivity index (χ0n) is 8.53. The van der Waals surface area contributed by atoms with E-state index in [0.29, 0.717) is 23.5 Å². The number of halogens is 1. The van der Waals surface area contributed by atoms with Gasteiger partial charge in [-0.05, 0) is 30.2 Å². The lowest BCUT2D eigenvalue weighted by molar-refractivity contribution is 0.119. The second-order valence-corrected chi connectivity index (χ2v) is 3.65. The zero-order valence-corrected chi connectivity index (χ0v) is 8.53. The monoisotopic (exact) mass is 208 g/mol. The molecule has 2 rings (SSSR count). The molecule has 1 unspecified atom stereocenters. The third kappa shape index (κ3) is 2.02. The van der Waals surface area contributed by atoms with Crippen molar-refractivity contribution in [1.82, 2.24) is 0 Å². The maximum atomic E-state index is 13.0. The van der Waals surface area contributed by atoms with Crippen molar-refractivity contribution < 1.29 is 14.2 Å². The SMILES string of the molecule is Cc1cc(C(O)C2=CCCO2)ccc1F. The Hall–Kier alpha value is -1.35. The summed E-state index contributed by atoms with van der Waals surface area (Å²) >= 11 is 0. The topological polar surface area (TPSA) is 29.5 Å². The number of ether oxygens (including phenoxy) is 1. The summed E-state index contributed by atoms with van der Waals surface area (Å²) in [6.45, 7) is 2.29. The van der Waals surface area contributed by atoms with Crippen LogP contribution in [-0.2, 0) is 4.74 Å². The largest absolute Gasteiger partial charge is 0.495 e. The first-order valence-corrected chi connectivity index (χ1v) is 4.95. The molecule has 3 heteroatoms. The molecule has 1 aromatic rings. The highest BCUT2D eigenvalue weighted by Crippen LogP contribution is 2.27. The number of aliphatic hydroxyl groups is 1. The quantitative estimate of drug-likeness (QED) is 0.809. The number of hydrogen-bond donors (Lipinski definition) is 1. The summed E-state index contributed by atoms with van der Waals surface area (Å²) in [6, 6.07) is 4.58. The number of benzene rings is 1. The molecule has 0 aromatic heterocycles. The van der Waals surface area contributed by atoms with Crippen molar-refractivity contribution in [3.63, 3.8) is 0 Å². The van der Waals surface area contributed by atoms with Crippen molar-refractivity contribution in [1.29, 1.82) is 0 Å². The minimum absolute atomic E-state index is 0.257. The number of aryl methyl sites for hydroxylation is 1. The van der Waals surface area contributed by atoms with Gasteiger partial charge in [0.15, 0.2) is 0 Å². The van der Waals surface area contributed by atoms with Gasteiger partial charge in [0.1, 0.15) is 17.7 Å². The van der Waals surface area contributed by atoms with Gasteiger partial charge in [-0.3, -0.25) is 0 Å². The van der Waals surface area contributed by atoms with Crippen LogP contribution in [0.25, 0.3) is 0 Å². The van der Waals surface area contributed by atoms with Crippen molar-refractivity contribution in [3.8, 4) is 0 Å². The van der Waals surface area contributed by atoms with Crippen LogP contribution in [0.1, 0.15) is 23.7 Å². The van der Waals surface area contributed by atoms with Gasteiger partial charge in [-0.1, -0.05) is 12.1 Å². The van der Waals surface area contributed by atoms with Gasteiger partial charge >= 0.3 is 0 Å². The Morgan fingerprint density at radius 2 is 2.27 bits per heavy atom. The van der Waals surface area contributed by atoms with Crippen LogP contribution in [-0.4, -0.2) is 11.7 Å². The molecule has 80 valence electrons. The van der Waals surface area contributed by atoms with Crippen LogP contribution in [0, 0.1) is 12.7 Å². The van der Waals surface area contributed by atoms with E-state index in [-0.39, 0.29) is 5.82 Å². The minimum atomic E-state index is -0.771. The van der Waals surface area contributed by atoms with E-state index in [1.807, 2.05) is 6.08 Å². The first-order valence-electron chi connectivity index (χ1n) is 4.95. The lowest BCUT2D eigenvalue weighted by Crippen LogP contribution is -2.03. The zero-order chi connectivity index (χ0) is 10.8. The lowest BCUT2D eigenvalue weighted by atomic mass is 10.0. The second kappa shape index (κ2) is 4.03. The molecule has 0 fully saturated rings. The highest BCUT2D eigenvalue weighted by Gasteiger charge is 2.18. The summed E-state index contributed by atoms with van der Waals surface area (Å²) < 4.78 is 18.3. The standard InChI is InChI=1S/C12H13FO2/c1-8-7-9(4-5-10(8)13)12(14)11-3-2-6-15-11/h3-5,7,12,14H,2,6H2,1H3.